The third kappa shape index (κ3) is 2.43. The van der Waals surface area contributed by atoms with Gasteiger partial charge in [0.05, 0.1) is 11.1 Å². The Bertz CT molecular complexity index is 420. The molecule has 0 unspecified atom stereocenters. The van der Waals surface area contributed by atoms with Gasteiger partial charge < -0.3 is 9.67 Å². The molecule has 0 saturated carbocycles. The minimum absolute atomic E-state index is 0.0835. The molecule has 0 radical (unpaired) electrons. The van der Waals surface area contributed by atoms with E-state index in [-0.39, 0.29) is 11.4 Å². The Kier molecular flexibility index (Phi) is 3.22. The van der Waals surface area contributed by atoms with Crippen LogP contribution in [0.3, 0.4) is 0 Å². The van der Waals surface area contributed by atoms with Gasteiger partial charge in [-0.2, -0.15) is 0 Å². The van der Waals surface area contributed by atoms with E-state index >= 15 is 0 Å². The molecule has 6 heteroatoms. The fourth-order valence-corrected chi connectivity index (χ4v) is 1.14. The van der Waals surface area contributed by atoms with E-state index in [1.807, 2.05) is 0 Å². The first-order chi connectivity index (χ1) is 7.06. The van der Waals surface area contributed by atoms with E-state index in [4.69, 9.17) is 5.11 Å². The third-order valence-electron chi connectivity index (χ3n) is 1.85. The molecule has 0 aliphatic carbocycles. The van der Waals surface area contributed by atoms with Crippen LogP contribution in [0, 0.1) is 10.1 Å². The maximum atomic E-state index is 10.8. The summed E-state index contributed by atoms with van der Waals surface area (Å²) in [6.07, 6.45) is 4.68. The van der Waals surface area contributed by atoms with Gasteiger partial charge in [0.2, 0.25) is 0 Å². The second-order valence-corrected chi connectivity index (χ2v) is 2.87. The Morgan fingerprint density at radius 3 is 2.87 bits per heavy atom. The fraction of sp³-hybridized carbons (Fsp3) is 0.222. The molecule has 1 rings (SSSR count). The minimum atomic E-state index is -1.17. The largest absolute Gasteiger partial charge is 0.477 e. The Morgan fingerprint density at radius 1 is 1.73 bits per heavy atom. The number of allylic oxidation sites excluding steroid dienone is 2. The monoisotopic (exact) mass is 210 g/mol. The molecule has 0 atom stereocenters. The smallest absolute Gasteiger partial charge is 0.352 e. The molecule has 0 aromatic carbocycles. The number of hydrogen-bond donors (Lipinski definition) is 1. The van der Waals surface area contributed by atoms with E-state index in [0.717, 1.165) is 6.07 Å². The first-order valence-corrected chi connectivity index (χ1v) is 4.25. The topological polar surface area (TPSA) is 85.4 Å². The van der Waals surface area contributed by atoms with Crippen molar-refractivity contribution in [3.63, 3.8) is 0 Å². The average molecular weight is 210 g/mol. The summed E-state index contributed by atoms with van der Waals surface area (Å²) in [5.41, 5.74) is -0.295. The van der Waals surface area contributed by atoms with Crippen LogP contribution in [0.1, 0.15) is 17.4 Å². The van der Waals surface area contributed by atoms with Crippen LogP contribution in [0.5, 0.6) is 0 Å². The zero-order chi connectivity index (χ0) is 11.4. The van der Waals surface area contributed by atoms with Crippen LogP contribution in [0.4, 0.5) is 5.69 Å². The number of nitro groups is 1. The number of carboxylic acids is 1. The number of carbonyl (C=O) groups is 1. The molecule has 15 heavy (non-hydrogen) atoms. The minimum Gasteiger partial charge on any atom is -0.477 e. The Balaban J connectivity index is 3.11. The summed E-state index contributed by atoms with van der Waals surface area (Å²) in [5, 5.41) is 19.2. The predicted molar refractivity (Wildman–Crippen MR) is 52.9 cm³/mol. The second-order valence-electron chi connectivity index (χ2n) is 2.87. The van der Waals surface area contributed by atoms with E-state index < -0.39 is 10.9 Å². The van der Waals surface area contributed by atoms with Crippen LogP contribution in [-0.4, -0.2) is 20.6 Å². The molecule has 80 valence electrons. The van der Waals surface area contributed by atoms with Crippen molar-refractivity contribution in [1.29, 1.82) is 0 Å². The third-order valence-corrected chi connectivity index (χ3v) is 1.85. The Labute approximate surface area is 85.6 Å². The van der Waals surface area contributed by atoms with Gasteiger partial charge in [-0.25, -0.2) is 4.79 Å². The molecule has 6 nitrogen and oxygen atoms in total. The van der Waals surface area contributed by atoms with Crippen molar-refractivity contribution >= 4 is 11.7 Å². The highest BCUT2D eigenvalue weighted by Gasteiger charge is 2.17. The highest BCUT2D eigenvalue weighted by Crippen LogP contribution is 2.16. The number of carboxylic acid groups (broad SMARTS) is 1. The van der Waals surface area contributed by atoms with Gasteiger partial charge in [-0.15, -0.1) is 0 Å². The van der Waals surface area contributed by atoms with Gasteiger partial charge in [-0.3, -0.25) is 10.1 Å². The summed E-state index contributed by atoms with van der Waals surface area (Å²) in [7, 11) is 0. The fourth-order valence-electron chi connectivity index (χ4n) is 1.14. The lowest BCUT2D eigenvalue weighted by Crippen LogP contribution is -2.06. The van der Waals surface area contributed by atoms with Crippen molar-refractivity contribution in [3.05, 3.63) is 40.2 Å². The standard InChI is InChI=1S/C9H10N2O4/c1-2-3-4-10-6-7(11(14)15)5-8(10)9(12)13/h2-3,5-6H,4H2,1H3,(H,12,13)/b3-2+. The molecule has 1 aromatic rings. The predicted octanol–water partition coefficient (Wildman–Crippen LogP) is 1.67. The molecule has 0 amide bonds. The van der Waals surface area contributed by atoms with Crippen LogP contribution < -0.4 is 0 Å². The molecule has 0 spiro atoms. The maximum Gasteiger partial charge on any atom is 0.352 e. The normalized spacial score (nSPS) is 10.7. The number of aromatic nitrogens is 1. The van der Waals surface area contributed by atoms with Gasteiger partial charge in [0.1, 0.15) is 5.69 Å². The van der Waals surface area contributed by atoms with E-state index in [1.54, 1.807) is 19.1 Å². The van der Waals surface area contributed by atoms with Crippen molar-refractivity contribution < 1.29 is 14.8 Å². The van der Waals surface area contributed by atoms with Crippen molar-refractivity contribution in [2.45, 2.75) is 13.5 Å². The summed E-state index contributed by atoms with van der Waals surface area (Å²) >= 11 is 0. The van der Waals surface area contributed by atoms with Crippen LogP contribution in [0.15, 0.2) is 24.4 Å². The van der Waals surface area contributed by atoms with Gasteiger partial charge in [-0.1, -0.05) is 12.2 Å². The average Bonchev–Trinajstić information content (AvgIpc) is 2.58. The van der Waals surface area contributed by atoms with Gasteiger partial charge in [0.15, 0.2) is 0 Å². The van der Waals surface area contributed by atoms with E-state index in [1.165, 1.54) is 10.8 Å². The molecule has 0 aliphatic heterocycles. The molecule has 0 bridgehead atoms. The highest BCUT2D eigenvalue weighted by molar-refractivity contribution is 5.86. The van der Waals surface area contributed by atoms with Gasteiger partial charge >= 0.3 is 5.97 Å². The van der Waals surface area contributed by atoms with Gasteiger partial charge in [0.25, 0.3) is 5.69 Å². The number of nitrogens with zero attached hydrogens (tertiary/aromatic N) is 2. The number of aromatic carboxylic acids is 1. The lowest BCUT2D eigenvalue weighted by molar-refractivity contribution is -0.384. The molecule has 0 saturated heterocycles. The van der Waals surface area contributed by atoms with Crippen LogP contribution in [0.2, 0.25) is 0 Å². The van der Waals surface area contributed by atoms with Crippen molar-refractivity contribution in [2.24, 2.45) is 0 Å². The SMILES string of the molecule is C/C=C/Cn1cc([N+](=O)[O-])cc1C(=O)O. The van der Waals surface area contributed by atoms with E-state index in [0.29, 0.717) is 6.54 Å². The first-order valence-electron chi connectivity index (χ1n) is 4.25. The Hall–Kier alpha value is -2.11. The summed E-state index contributed by atoms with van der Waals surface area (Å²) in [6.45, 7) is 2.10. The van der Waals surface area contributed by atoms with Crippen LogP contribution >= 0.6 is 0 Å². The number of hydrogen-bond acceptors (Lipinski definition) is 3. The lowest BCUT2D eigenvalue weighted by atomic mass is 10.4. The zero-order valence-corrected chi connectivity index (χ0v) is 8.08. The van der Waals surface area contributed by atoms with E-state index in [9.17, 15) is 14.9 Å². The molecule has 1 heterocycles. The summed E-state index contributed by atoms with van der Waals surface area (Å²) in [5.74, 6) is -1.17. The van der Waals surface area contributed by atoms with Crippen LogP contribution in [-0.2, 0) is 6.54 Å². The van der Waals surface area contributed by atoms with Crippen molar-refractivity contribution in [3.8, 4) is 0 Å². The quantitative estimate of drug-likeness (QED) is 0.465. The van der Waals surface area contributed by atoms with Gasteiger partial charge in [-0.05, 0) is 6.92 Å². The maximum absolute atomic E-state index is 10.8. The van der Waals surface area contributed by atoms with E-state index in [2.05, 4.69) is 0 Å². The van der Waals surface area contributed by atoms with Crippen molar-refractivity contribution in [1.82, 2.24) is 4.57 Å². The molecule has 1 aromatic heterocycles. The van der Waals surface area contributed by atoms with Crippen molar-refractivity contribution in [2.75, 3.05) is 0 Å². The molecule has 0 aliphatic rings. The molecular formula is C9H10N2O4. The zero-order valence-electron chi connectivity index (χ0n) is 8.08. The molecule has 1 N–H and O–H groups in total. The summed E-state index contributed by atoms with van der Waals surface area (Å²) < 4.78 is 1.32. The highest BCUT2D eigenvalue weighted by atomic mass is 16.6. The second kappa shape index (κ2) is 4.41. The van der Waals surface area contributed by atoms with Gasteiger partial charge in [0, 0.05) is 12.6 Å². The summed E-state index contributed by atoms with van der Waals surface area (Å²) in [6, 6.07) is 1.05. The molecule has 0 fully saturated rings. The molecular weight excluding hydrogens is 200 g/mol. The lowest BCUT2D eigenvalue weighted by Gasteiger charge is -1.99. The number of rotatable bonds is 4. The first kappa shape index (κ1) is 11.0. The van der Waals surface area contributed by atoms with Crippen LogP contribution in [0.25, 0.3) is 0 Å². The Morgan fingerprint density at radius 2 is 2.40 bits per heavy atom. The summed E-state index contributed by atoms with van der Waals surface area (Å²) in [4.78, 5) is 20.6.